The monoisotopic (exact) mass is 440 g/mol. The number of phenolic OH excluding ortho intramolecular Hbond substituents is 1. The summed E-state index contributed by atoms with van der Waals surface area (Å²) in [5, 5.41) is 13.5. The Morgan fingerprint density at radius 3 is 1.66 bits per heavy atom. The van der Waals surface area contributed by atoms with Gasteiger partial charge in [-0.05, 0) is 27.2 Å². The van der Waals surface area contributed by atoms with Crippen molar-refractivity contribution < 1.29 is 19.1 Å². The molecule has 1 N–H and O–H groups in total. The topological polar surface area (TPSA) is 55.8 Å². The van der Waals surface area contributed by atoms with Crippen LogP contribution < -0.4 is 20.3 Å². The maximum atomic E-state index is 11.8. The van der Waals surface area contributed by atoms with Crippen molar-refractivity contribution >= 4 is 30.2 Å². The van der Waals surface area contributed by atoms with E-state index >= 15 is 0 Å². The molecule has 0 fully saturated rings. The lowest BCUT2D eigenvalue weighted by Crippen LogP contribution is -2.69. The van der Waals surface area contributed by atoms with Gasteiger partial charge in [0.1, 0.15) is 11.5 Å². The van der Waals surface area contributed by atoms with Gasteiger partial charge in [-0.2, -0.15) is 0 Å². The Morgan fingerprint density at radius 1 is 0.781 bits per heavy atom. The molecule has 0 aromatic heterocycles. The van der Waals surface area contributed by atoms with Gasteiger partial charge in [0.2, 0.25) is 0 Å². The van der Waals surface area contributed by atoms with Crippen LogP contribution >= 0.6 is 0 Å². The molecule has 0 atom stereocenters. The fourth-order valence-corrected chi connectivity index (χ4v) is 7.90. The second kappa shape index (κ2) is 9.64. The first-order valence-electron chi connectivity index (χ1n) is 10.3. The van der Waals surface area contributed by atoms with E-state index in [-0.39, 0.29) is 12.4 Å². The minimum Gasteiger partial charge on any atom is -0.508 e. The summed E-state index contributed by atoms with van der Waals surface area (Å²) in [5.74, 6) is 0.349. The van der Waals surface area contributed by atoms with Crippen LogP contribution in [-0.2, 0) is 11.0 Å². The molecule has 32 heavy (non-hydrogen) atoms. The van der Waals surface area contributed by atoms with Crippen LogP contribution in [-0.4, -0.2) is 26.8 Å². The van der Waals surface area contributed by atoms with Crippen LogP contribution in [0.3, 0.4) is 0 Å². The first-order valence-corrected chi connectivity index (χ1v) is 12.3. The van der Waals surface area contributed by atoms with Crippen LogP contribution in [0.1, 0.15) is 15.9 Å². The highest BCUT2D eigenvalue weighted by Gasteiger charge is 2.42. The van der Waals surface area contributed by atoms with Crippen molar-refractivity contribution in [1.29, 1.82) is 0 Å². The van der Waals surface area contributed by atoms with Gasteiger partial charge in [0, 0.05) is 6.07 Å². The van der Waals surface area contributed by atoms with Crippen molar-refractivity contribution in [3.63, 3.8) is 0 Å². The van der Waals surface area contributed by atoms with Crippen LogP contribution in [0.5, 0.6) is 11.5 Å². The zero-order chi connectivity index (χ0) is 22.4. The number of aromatic hydroxyl groups is 1. The highest BCUT2D eigenvalue weighted by molar-refractivity contribution is 7.07. The van der Waals surface area contributed by atoms with Crippen molar-refractivity contribution in [3.8, 4) is 11.5 Å². The van der Waals surface area contributed by atoms with Crippen molar-refractivity contribution in [2.24, 2.45) is 0 Å². The van der Waals surface area contributed by atoms with Gasteiger partial charge in [0.15, 0.2) is 6.29 Å². The second-order valence-corrected chi connectivity index (χ2v) is 10.8. The zero-order valence-electron chi connectivity index (χ0n) is 17.8. The summed E-state index contributed by atoms with van der Waals surface area (Å²) in [7, 11) is -1.45. The fourth-order valence-electron chi connectivity index (χ4n) is 4.04. The smallest absolute Gasteiger partial charge is 0.288 e. The number of carbonyl (C=O) groups is 1. The third-order valence-corrected chi connectivity index (χ3v) is 9.55. The zero-order valence-corrected chi connectivity index (χ0v) is 18.8. The predicted molar refractivity (Wildman–Crippen MR) is 129 cm³/mol. The largest absolute Gasteiger partial charge is 0.508 e. The van der Waals surface area contributed by atoms with E-state index in [9.17, 15) is 9.90 Å². The molecule has 0 aliphatic heterocycles. The Kier molecular flexibility index (Phi) is 6.49. The summed E-state index contributed by atoms with van der Waals surface area (Å²) in [5.41, 5.74) is 0.957. The number of methoxy groups -OCH3 is 1. The second-order valence-electron chi connectivity index (χ2n) is 7.41. The van der Waals surface area contributed by atoms with Gasteiger partial charge in [-0.3, -0.25) is 4.79 Å². The third kappa shape index (κ3) is 4.08. The molecular formula is C27H24O4Si. The lowest BCUT2D eigenvalue weighted by molar-refractivity contribution is 0.111. The van der Waals surface area contributed by atoms with Gasteiger partial charge in [-0.25, -0.2) is 0 Å². The number of rotatable bonds is 8. The van der Waals surface area contributed by atoms with Crippen LogP contribution in [0.15, 0.2) is 103 Å². The van der Waals surface area contributed by atoms with E-state index in [2.05, 4.69) is 36.4 Å². The number of carbonyl (C=O) groups excluding carboxylic acids is 1. The Labute approximate surface area is 188 Å². The Balaban J connectivity index is 1.90. The number of benzene rings is 4. The predicted octanol–water partition coefficient (Wildman–Crippen LogP) is 3.40. The third-order valence-electron chi connectivity index (χ3n) is 5.54. The molecule has 4 aromatic rings. The fraction of sp³-hybridized carbons (Fsp3) is 0.0741. The summed E-state index contributed by atoms with van der Waals surface area (Å²) in [6, 6.07) is 33.6. The first-order chi connectivity index (χ1) is 15.7. The number of ether oxygens (including phenoxy) is 1. The molecule has 0 saturated heterocycles. The minimum atomic E-state index is -2.93. The van der Waals surface area contributed by atoms with Gasteiger partial charge in [-0.15, -0.1) is 0 Å². The molecule has 0 aliphatic carbocycles. The number of hydrogen-bond donors (Lipinski definition) is 1. The minimum absolute atomic E-state index is 0.0254. The van der Waals surface area contributed by atoms with E-state index in [0.717, 1.165) is 21.8 Å². The molecule has 5 heteroatoms. The maximum Gasteiger partial charge on any atom is 0.288 e. The summed E-state index contributed by atoms with van der Waals surface area (Å²) in [6.07, 6.45) is 0.744. The van der Waals surface area contributed by atoms with E-state index in [1.54, 1.807) is 6.07 Å². The summed E-state index contributed by atoms with van der Waals surface area (Å²) in [6.45, 7) is 0.143. The molecule has 0 heterocycles. The molecule has 0 unspecified atom stereocenters. The lowest BCUT2D eigenvalue weighted by Gasteiger charge is -2.33. The van der Waals surface area contributed by atoms with Gasteiger partial charge in [0.05, 0.1) is 19.3 Å². The van der Waals surface area contributed by atoms with E-state index in [4.69, 9.17) is 9.16 Å². The quantitative estimate of drug-likeness (QED) is 0.259. The number of phenols is 1. The first kappa shape index (κ1) is 21.6. The van der Waals surface area contributed by atoms with Gasteiger partial charge in [0.25, 0.3) is 8.32 Å². The molecule has 0 aliphatic rings. The summed E-state index contributed by atoms with van der Waals surface area (Å²) in [4.78, 5) is 11.8. The molecule has 4 aromatic carbocycles. The molecule has 4 nitrogen and oxygen atoms in total. The Hall–Kier alpha value is -3.67. The van der Waals surface area contributed by atoms with Crippen LogP contribution in [0, 0.1) is 0 Å². The molecular weight excluding hydrogens is 416 g/mol. The molecule has 0 radical (unpaired) electrons. The highest BCUT2D eigenvalue weighted by Crippen LogP contribution is 2.28. The van der Waals surface area contributed by atoms with Crippen LogP contribution in [0.2, 0.25) is 0 Å². The van der Waals surface area contributed by atoms with Crippen molar-refractivity contribution in [3.05, 3.63) is 114 Å². The molecule has 0 saturated carbocycles. The average molecular weight is 441 g/mol. The van der Waals surface area contributed by atoms with E-state index in [1.165, 1.54) is 13.2 Å². The highest BCUT2D eigenvalue weighted by atomic mass is 28.4. The standard InChI is InChI=1S/C27H24O4Si/c1-30-27-18-22(29)17-21(26(27)19-28)20-31-32(23-11-5-2-6-12-23,24-13-7-3-8-14-24)25-15-9-4-10-16-25/h2-19,29H,20H2,1H3. The molecule has 4 rings (SSSR count). The van der Waals surface area contributed by atoms with Crippen molar-refractivity contribution in [2.45, 2.75) is 6.61 Å². The van der Waals surface area contributed by atoms with Gasteiger partial charge in [-0.1, -0.05) is 91.0 Å². The Bertz CT molecular complexity index is 1080. The van der Waals surface area contributed by atoms with Crippen LogP contribution in [0.4, 0.5) is 0 Å². The summed E-state index contributed by atoms with van der Waals surface area (Å²) >= 11 is 0. The molecule has 0 bridgehead atoms. The van der Waals surface area contributed by atoms with Crippen molar-refractivity contribution in [1.82, 2.24) is 0 Å². The van der Waals surface area contributed by atoms with Gasteiger partial charge >= 0.3 is 0 Å². The SMILES string of the molecule is COc1cc(O)cc(CO[Si](c2ccccc2)(c2ccccc2)c2ccccc2)c1C=O. The number of aldehydes is 1. The normalized spacial score (nSPS) is 11.2. The molecule has 160 valence electrons. The number of hydrogen-bond acceptors (Lipinski definition) is 4. The van der Waals surface area contributed by atoms with E-state index < -0.39 is 8.32 Å². The van der Waals surface area contributed by atoms with Crippen molar-refractivity contribution in [2.75, 3.05) is 7.11 Å². The van der Waals surface area contributed by atoms with E-state index in [0.29, 0.717) is 16.9 Å². The maximum absolute atomic E-state index is 11.8. The molecule has 0 spiro atoms. The van der Waals surface area contributed by atoms with E-state index in [1.807, 2.05) is 54.6 Å². The summed E-state index contributed by atoms with van der Waals surface area (Å²) < 4.78 is 12.2. The lowest BCUT2D eigenvalue weighted by atomic mass is 10.1. The van der Waals surface area contributed by atoms with Crippen LogP contribution in [0.25, 0.3) is 0 Å². The Morgan fingerprint density at radius 2 is 1.25 bits per heavy atom. The average Bonchev–Trinajstić information content (AvgIpc) is 2.86. The van der Waals surface area contributed by atoms with Gasteiger partial charge < -0.3 is 14.3 Å². The molecule has 0 amide bonds.